The lowest BCUT2D eigenvalue weighted by molar-refractivity contribution is -0.140. The summed E-state index contributed by atoms with van der Waals surface area (Å²) < 4.78 is 15.6. The van der Waals surface area contributed by atoms with Gasteiger partial charge >= 0.3 is 0 Å². The number of carbonyl (C=O) groups is 2. The molecule has 0 spiro atoms. The Balaban J connectivity index is 1.21. The van der Waals surface area contributed by atoms with Gasteiger partial charge in [-0.3, -0.25) is 9.59 Å². The number of carbonyl (C=O) groups excluding carboxylic acids is 2. The van der Waals surface area contributed by atoms with Crippen LogP contribution >= 0.6 is 0 Å². The molecule has 0 aliphatic carbocycles. The number of piperidine rings is 2. The molecular weight excluding hydrogens is 431 g/mol. The number of hydrogen-bond donors (Lipinski definition) is 0. The second kappa shape index (κ2) is 9.79. The normalized spacial score (nSPS) is 20.3. The van der Waals surface area contributed by atoms with Crippen molar-refractivity contribution in [1.29, 1.82) is 0 Å². The van der Waals surface area contributed by atoms with Crippen LogP contribution in [0, 0.1) is 11.7 Å². The lowest BCUT2D eigenvalue weighted by Crippen LogP contribution is -2.57. The summed E-state index contributed by atoms with van der Waals surface area (Å²) in [5.74, 6) is 0.296. The molecule has 5 rings (SSSR count). The first-order chi connectivity index (χ1) is 16.6. The van der Waals surface area contributed by atoms with Crippen molar-refractivity contribution < 1.29 is 14.0 Å². The van der Waals surface area contributed by atoms with E-state index in [2.05, 4.69) is 9.88 Å². The van der Waals surface area contributed by atoms with Crippen LogP contribution in [0.4, 0.5) is 4.39 Å². The zero-order chi connectivity index (χ0) is 23.5. The van der Waals surface area contributed by atoms with E-state index < -0.39 is 0 Å². The van der Waals surface area contributed by atoms with Gasteiger partial charge in [-0.05, 0) is 60.6 Å². The van der Waals surface area contributed by atoms with E-state index in [4.69, 9.17) is 0 Å². The molecule has 1 aromatic heterocycles. The summed E-state index contributed by atoms with van der Waals surface area (Å²) in [7, 11) is 0. The lowest BCUT2D eigenvalue weighted by atomic mass is 9.83. The largest absolute Gasteiger partial charge is 0.339 e. The molecule has 0 bridgehead atoms. The van der Waals surface area contributed by atoms with E-state index in [1.54, 1.807) is 18.6 Å². The highest BCUT2D eigenvalue weighted by atomic mass is 19.1. The number of fused-ring (bicyclic) bond motifs is 1. The molecule has 7 heteroatoms. The van der Waals surface area contributed by atoms with Crippen molar-refractivity contribution in [1.82, 2.24) is 19.4 Å². The van der Waals surface area contributed by atoms with Crippen LogP contribution in [0.5, 0.6) is 0 Å². The third-order valence-electron chi connectivity index (χ3n) is 7.10. The Kier molecular flexibility index (Phi) is 6.43. The minimum atomic E-state index is -0.276. The molecule has 0 radical (unpaired) electrons. The van der Waals surface area contributed by atoms with Crippen molar-refractivity contribution in [2.24, 2.45) is 5.92 Å². The molecular formula is C27H29FN4O2. The van der Waals surface area contributed by atoms with Crippen molar-refractivity contribution in [2.75, 3.05) is 19.6 Å². The third-order valence-corrected chi connectivity index (χ3v) is 7.10. The Labute approximate surface area is 199 Å². The van der Waals surface area contributed by atoms with Crippen molar-refractivity contribution in [3.05, 3.63) is 78.6 Å². The summed E-state index contributed by atoms with van der Waals surface area (Å²) in [5.41, 5.74) is 2.31. The van der Waals surface area contributed by atoms with Gasteiger partial charge in [-0.1, -0.05) is 24.3 Å². The molecule has 2 atom stereocenters. The van der Waals surface area contributed by atoms with Crippen molar-refractivity contribution >= 4 is 11.8 Å². The van der Waals surface area contributed by atoms with Crippen LogP contribution in [0.25, 0.3) is 11.1 Å². The van der Waals surface area contributed by atoms with Crippen LogP contribution in [-0.4, -0.2) is 56.8 Å². The standard InChI is InChI=1S/C27H29FN4O2/c28-24-4-1-3-22(17-24)20-5-7-21(8-6-20)27(34)31-15-11-25-23(18-31)9-10-26(33)32(25)14-2-13-30-16-12-29-19-30/h1,3-8,12,16-17,19,23,25H,2,9-11,13-15,18H2/t23-,25+/m1/s1. The van der Waals surface area contributed by atoms with Gasteiger partial charge in [0.05, 0.1) is 6.33 Å². The highest BCUT2D eigenvalue weighted by Gasteiger charge is 2.40. The maximum atomic E-state index is 13.5. The number of rotatable bonds is 6. The highest BCUT2D eigenvalue weighted by molar-refractivity contribution is 5.95. The summed E-state index contributed by atoms with van der Waals surface area (Å²) >= 11 is 0. The van der Waals surface area contributed by atoms with Gasteiger partial charge in [0, 0.05) is 56.6 Å². The number of nitrogens with zero attached hydrogens (tertiary/aromatic N) is 4. The fourth-order valence-electron chi connectivity index (χ4n) is 5.32. The molecule has 2 aliphatic rings. The number of imidazole rings is 1. The van der Waals surface area contributed by atoms with Gasteiger partial charge in [0.25, 0.3) is 5.91 Å². The highest BCUT2D eigenvalue weighted by Crippen LogP contribution is 2.32. The summed E-state index contributed by atoms with van der Waals surface area (Å²) in [6.45, 7) is 2.92. The van der Waals surface area contributed by atoms with Gasteiger partial charge in [-0.15, -0.1) is 0 Å². The van der Waals surface area contributed by atoms with E-state index in [-0.39, 0.29) is 23.7 Å². The molecule has 6 nitrogen and oxygen atoms in total. The molecule has 0 N–H and O–H groups in total. The smallest absolute Gasteiger partial charge is 0.253 e. The fourth-order valence-corrected chi connectivity index (χ4v) is 5.32. The number of aryl methyl sites for hydroxylation is 1. The lowest BCUT2D eigenvalue weighted by Gasteiger charge is -2.47. The minimum Gasteiger partial charge on any atom is -0.339 e. The van der Waals surface area contributed by atoms with Crippen molar-refractivity contribution in [3.63, 3.8) is 0 Å². The SMILES string of the molecule is O=C(c1ccc(-c2cccc(F)c2)cc1)N1CC[C@H]2[C@H](CCC(=O)N2CCCn2ccnc2)C1. The number of amides is 2. The van der Waals surface area contributed by atoms with Crippen LogP contribution in [-0.2, 0) is 11.3 Å². The summed E-state index contributed by atoms with van der Waals surface area (Å²) in [6.07, 6.45) is 8.61. The first-order valence-electron chi connectivity index (χ1n) is 12.0. The number of likely N-dealkylation sites (tertiary alicyclic amines) is 2. The zero-order valence-electron chi connectivity index (χ0n) is 19.1. The molecule has 2 amide bonds. The van der Waals surface area contributed by atoms with Crippen LogP contribution in [0.15, 0.2) is 67.3 Å². The maximum absolute atomic E-state index is 13.5. The number of halogens is 1. The Morgan fingerprint density at radius 3 is 2.68 bits per heavy atom. The molecule has 0 saturated carbocycles. The molecule has 2 aromatic carbocycles. The quantitative estimate of drug-likeness (QED) is 0.553. The Morgan fingerprint density at radius 1 is 1.06 bits per heavy atom. The van der Waals surface area contributed by atoms with E-state index >= 15 is 0 Å². The summed E-state index contributed by atoms with van der Waals surface area (Å²) in [6, 6.07) is 14.1. The topological polar surface area (TPSA) is 58.4 Å². The monoisotopic (exact) mass is 460 g/mol. The molecule has 2 saturated heterocycles. The average Bonchev–Trinajstić information content (AvgIpc) is 3.38. The van der Waals surface area contributed by atoms with Gasteiger partial charge in [0.15, 0.2) is 0 Å². The molecule has 176 valence electrons. The van der Waals surface area contributed by atoms with Crippen molar-refractivity contribution in [2.45, 2.75) is 38.3 Å². The predicted molar refractivity (Wildman–Crippen MR) is 127 cm³/mol. The average molecular weight is 461 g/mol. The van der Waals surface area contributed by atoms with E-state index in [0.717, 1.165) is 43.5 Å². The second-order valence-corrected chi connectivity index (χ2v) is 9.23. The van der Waals surface area contributed by atoms with E-state index in [0.29, 0.717) is 31.0 Å². The summed E-state index contributed by atoms with van der Waals surface area (Å²) in [5, 5.41) is 0. The van der Waals surface area contributed by atoms with E-state index in [9.17, 15) is 14.0 Å². The van der Waals surface area contributed by atoms with Gasteiger partial charge < -0.3 is 14.4 Å². The molecule has 3 heterocycles. The Bertz CT molecular complexity index is 1150. The molecule has 3 aromatic rings. The fraction of sp³-hybridized carbons (Fsp3) is 0.370. The van der Waals surface area contributed by atoms with Crippen LogP contribution in [0.2, 0.25) is 0 Å². The predicted octanol–water partition coefficient (Wildman–Crippen LogP) is 4.23. The number of hydrogen-bond acceptors (Lipinski definition) is 3. The molecule has 2 fully saturated rings. The number of aromatic nitrogens is 2. The second-order valence-electron chi connectivity index (χ2n) is 9.23. The van der Waals surface area contributed by atoms with E-state index in [1.807, 2.05) is 46.0 Å². The molecule has 2 aliphatic heterocycles. The Morgan fingerprint density at radius 2 is 1.91 bits per heavy atom. The zero-order valence-corrected chi connectivity index (χ0v) is 19.1. The van der Waals surface area contributed by atoms with Gasteiger partial charge in [0.2, 0.25) is 5.91 Å². The van der Waals surface area contributed by atoms with Gasteiger partial charge in [0.1, 0.15) is 5.82 Å². The first-order valence-corrected chi connectivity index (χ1v) is 12.0. The van der Waals surface area contributed by atoms with Crippen LogP contribution in [0.1, 0.15) is 36.0 Å². The van der Waals surface area contributed by atoms with E-state index in [1.165, 1.54) is 12.1 Å². The maximum Gasteiger partial charge on any atom is 0.253 e. The van der Waals surface area contributed by atoms with Crippen molar-refractivity contribution in [3.8, 4) is 11.1 Å². The van der Waals surface area contributed by atoms with Crippen LogP contribution < -0.4 is 0 Å². The van der Waals surface area contributed by atoms with Crippen LogP contribution in [0.3, 0.4) is 0 Å². The Hall–Kier alpha value is -3.48. The minimum absolute atomic E-state index is 0.0211. The molecule has 34 heavy (non-hydrogen) atoms. The summed E-state index contributed by atoms with van der Waals surface area (Å²) in [4.78, 5) is 33.9. The number of benzene rings is 2. The van der Waals surface area contributed by atoms with Gasteiger partial charge in [-0.25, -0.2) is 9.37 Å². The first kappa shape index (κ1) is 22.3. The van der Waals surface area contributed by atoms with Gasteiger partial charge in [-0.2, -0.15) is 0 Å². The molecule has 0 unspecified atom stereocenters. The third kappa shape index (κ3) is 4.74.